The number of hydrogen-bond donors (Lipinski definition) is 7. The van der Waals surface area contributed by atoms with Crippen LogP contribution in [0.4, 0.5) is 0 Å². The molecular weight excluding hydrogens is 861 g/mol. The van der Waals surface area contributed by atoms with Crippen molar-refractivity contribution in [3.05, 3.63) is 0 Å². The van der Waals surface area contributed by atoms with Crippen molar-refractivity contribution < 1.29 is 69.0 Å². The van der Waals surface area contributed by atoms with E-state index in [0.29, 0.717) is 6.61 Å². The van der Waals surface area contributed by atoms with Crippen LogP contribution in [-0.4, -0.2) is 142 Å². The van der Waals surface area contributed by atoms with Crippen LogP contribution in [-0.2, 0) is 33.2 Å². The molecule has 14 nitrogen and oxygen atoms in total. The Morgan fingerprint density at radius 3 is 1.21 bits per heavy atom. The second-order valence-corrected chi connectivity index (χ2v) is 19.8. The van der Waals surface area contributed by atoms with Gasteiger partial charge in [-0.1, -0.05) is 213 Å². The molecule has 0 spiro atoms. The summed E-state index contributed by atoms with van der Waals surface area (Å²) in [7, 11) is 0. The van der Waals surface area contributed by atoms with Gasteiger partial charge in [-0.05, 0) is 12.8 Å². The van der Waals surface area contributed by atoms with Crippen LogP contribution in [0.5, 0.6) is 0 Å². The summed E-state index contributed by atoms with van der Waals surface area (Å²) in [6.45, 7) is 3.74. The van der Waals surface area contributed by atoms with Gasteiger partial charge in [0.05, 0.1) is 26.4 Å². The van der Waals surface area contributed by atoms with E-state index in [2.05, 4.69) is 13.8 Å². The lowest BCUT2D eigenvalue weighted by Gasteiger charge is -2.42. The van der Waals surface area contributed by atoms with Crippen LogP contribution < -0.4 is 0 Å². The van der Waals surface area contributed by atoms with Gasteiger partial charge in [0, 0.05) is 13.0 Å². The number of hydrogen-bond acceptors (Lipinski definition) is 14. The summed E-state index contributed by atoms with van der Waals surface area (Å²) in [5.74, 6) is -0.369. The van der Waals surface area contributed by atoms with Gasteiger partial charge >= 0.3 is 5.97 Å². The molecule has 2 aliphatic rings. The molecule has 7 N–H and O–H groups in total. The minimum Gasteiger partial charge on any atom is -0.457 e. The Balaban J connectivity index is 1.70. The number of esters is 1. The van der Waals surface area contributed by atoms with E-state index in [-0.39, 0.29) is 25.6 Å². The van der Waals surface area contributed by atoms with Gasteiger partial charge in [0.15, 0.2) is 12.6 Å². The average Bonchev–Trinajstić information content (AvgIpc) is 3.32. The Hall–Kier alpha value is -1.01. The number of aliphatic hydroxyl groups is 7. The summed E-state index contributed by atoms with van der Waals surface area (Å²) in [4.78, 5) is 13.0. The molecule has 11 atom stereocenters. The van der Waals surface area contributed by atoms with E-state index in [1.807, 2.05) is 0 Å². The molecule has 2 heterocycles. The molecule has 0 saturated carbocycles. The van der Waals surface area contributed by atoms with Crippen LogP contribution in [0, 0.1) is 0 Å². The number of carbonyl (C=O) groups excluding carboxylic acids is 1. The molecule has 14 heteroatoms. The van der Waals surface area contributed by atoms with Gasteiger partial charge < -0.3 is 64.2 Å². The minimum absolute atomic E-state index is 0.0702. The fourth-order valence-corrected chi connectivity index (χ4v) is 9.11. The number of carbonyl (C=O) groups is 1. The van der Waals surface area contributed by atoms with Crippen molar-refractivity contribution in [2.75, 3.05) is 33.0 Å². The standard InChI is InChI=1S/C53H102O14/c1-3-5-7-9-11-13-15-17-18-19-20-21-22-23-24-25-26-28-30-32-34-36-45(55)65-42(39-62-37-35-33-31-29-27-16-14-12-10-8-6-4-2)40-63-52-51(61)49(59)47(57)44(67-52)41-64-53-50(60)48(58)46(56)43(38-54)66-53/h42-44,46-54,56-61H,3-41H2,1-2H3. The highest BCUT2D eigenvalue weighted by Crippen LogP contribution is 2.27. The summed E-state index contributed by atoms with van der Waals surface area (Å²) in [5, 5.41) is 72.2. The van der Waals surface area contributed by atoms with Crippen molar-refractivity contribution >= 4 is 5.97 Å². The monoisotopic (exact) mass is 963 g/mol. The molecule has 11 unspecified atom stereocenters. The van der Waals surface area contributed by atoms with Crippen LogP contribution in [0.3, 0.4) is 0 Å². The molecule has 398 valence electrons. The largest absolute Gasteiger partial charge is 0.457 e. The molecule has 2 fully saturated rings. The maximum Gasteiger partial charge on any atom is 0.306 e. The Labute approximate surface area is 406 Å². The van der Waals surface area contributed by atoms with Gasteiger partial charge in [-0.3, -0.25) is 4.79 Å². The predicted molar refractivity (Wildman–Crippen MR) is 261 cm³/mol. The van der Waals surface area contributed by atoms with E-state index < -0.39 is 80.7 Å². The minimum atomic E-state index is -1.70. The van der Waals surface area contributed by atoms with Gasteiger partial charge in [-0.2, -0.15) is 0 Å². The normalized spacial score (nSPS) is 26.0. The second kappa shape index (κ2) is 41.6. The van der Waals surface area contributed by atoms with Crippen molar-refractivity contribution in [3.63, 3.8) is 0 Å². The summed E-state index contributed by atoms with van der Waals surface area (Å²) in [6.07, 6.45) is 26.0. The third kappa shape index (κ3) is 29.2. The van der Waals surface area contributed by atoms with Crippen LogP contribution >= 0.6 is 0 Å². The molecular formula is C53H102O14. The van der Waals surface area contributed by atoms with E-state index >= 15 is 0 Å². The molecule has 0 aliphatic carbocycles. The number of ether oxygens (including phenoxy) is 6. The molecule has 2 rings (SSSR count). The molecule has 2 aliphatic heterocycles. The van der Waals surface area contributed by atoms with E-state index in [4.69, 9.17) is 28.4 Å². The highest BCUT2D eigenvalue weighted by molar-refractivity contribution is 5.69. The first-order chi connectivity index (χ1) is 32.6. The maximum absolute atomic E-state index is 13.0. The van der Waals surface area contributed by atoms with Crippen LogP contribution in [0.2, 0.25) is 0 Å². The quantitative estimate of drug-likeness (QED) is 0.0224. The third-order valence-electron chi connectivity index (χ3n) is 13.6. The summed E-state index contributed by atoms with van der Waals surface area (Å²) >= 11 is 0. The van der Waals surface area contributed by atoms with Gasteiger partial charge in [0.2, 0.25) is 0 Å². The number of aliphatic hydroxyl groups excluding tert-OH is 7. The summed E-state index contributed by atoms with van der Waals surface area (Å²) in [5.41, 5.74) is 0. The van der Waals surface area contributed by atoms with E-state index in [0.717, 1.165) is 44.9 Å². The van der Waals surface area contributed by atoms with Crippen LogP contribution in [0.25, 0.3) is 0 Å². The molecule has 0 amide bonds. The Morgan fingerprint density at radius 2 is 0.791 bits per heavy atom. The Bertz CT molecular complexity index is 1120. The van der Waals surface area contributed by atoms with Crippen LogP contribution in [0.15, 0.2) is 0 Å². The zero-order valence-electron chi connectivity index (χ0n) is 42.4. The van der Waals surface area contributed by atoms with Crippen molar-refractivity contribution in [3.8, 4) is 0 Å². The van der Waals surface area contributed by atoms with Gasteiger partial charge in [0.1, 0.15) is 54.9 Å². The summed E-state index contributed by atoms with van der Waals surface area (Å²) in [6, 6.07) is 0. The van der Waals surface area contributed by atoms with Crippen molar-refractivity contribution in [1.29, 1.82) is 0 Å². The first-order valence-electron chi connectivity index (χ1n) is 27.6. The topological polar surface area (TPSA) is 214 Å². The highest BCUT2D eigenvalue weighted by Gasteiger charge is 2.47. The lowest BCUT2D eigenvalue weighted by atomic mass is 9.98. The fraction of sp³-hybridized carbons (Fsp3) is 0.981. The van der Waals surface area contributed by atoms with Crippen molar-refractivity contribution in [2.45, 2.75) is 300 Å². The van der Waals surface area contributed by atoms with Crippen molar-refractivity contribution in [1.82, 2.24) is 0 Å². The molecule has 0 aromatic heterocycles. The van der Waals surface area contributed by atoms with Gasteiger partial charge in [0.25, 0.3) is 0 Å². The van der Waals surface area contributed by atoms with E-state index in [1.54, 1.807) is 0 Å². The lowest BCUT2D eigenvalue weighted by Crippen LogP contribution is -2.61. The molecule has 67 heavy (non-hydrogen) atoms. The lowest BCUT2D eigenvalue weighted by molar-refractivity contribution is -0.332. The average molecular weight is 963 g/mol. The predicted octanol–water partition coefficient (Wildman–Crippen LogP) is 8.86. The zero-order valence-corrected chi connectivity index (χ0v) is 42.4. The van der Waals surface area contributed by atoms with Crippen molar-refractivity contribution in [2.24, 2.45) is 0 Å². The molecule has 0 aromatic carbocycles. The van der Waals surface area contributed by atoms with E-state index in [9.17, 15) is 40.5 Å². The third-order valence-corrected chi connectivity index (χ3v) is 13.6. The highest BCUT2D eigenvalue weighted by atomic mass is 16.7. The fourth-order valence-electron chi connectivity index (χ4n) is 9.11. The first kappa shape index (κ1) is 62.1. The molecule has 2 saturated heterocycles. The van der Waals surface area contributed by atoms with Gasteiger partial charge in [-0.25, -0.2) is 0 Å². The maximum atomic E-state index is 13.0. The summed E-state index contributed by atoms with van der Waals surface area (Å²) < 4.78 is 34.3. The molecule has 0 radical (unpaired) electrons. The number of unbranched alkanes of at least 4 members (excludes halogenated alkanes) is 31. The Morgan fingerprint density at radius 1 is 0.433 bits per heavy atom. The number of rotatable bonds is 45. The first-order valence-corrected chi connectivity index (χ1v) is 27.6. The van der Waals surface area contributed by atoms with Crippen LogP contribution in [0.1, 0.15) is 232 Å². The second-order valence-electron chi connectivity index (χ2n) is 19.8. The molecule has 0 bridgehead atoms. The zero-order chi connectivity index (χ0) is 48.7. The van der Waals surface area contributed by atoms with Gasteiger partial charge in [-0.15, -0.1) is 0 Å². The Kier molecular flexibility index (Phi) is 38.6. The smallest absolute Gasteiger partial charge is 0.306 e. The van der Waals surface area contributed by atoms with E-state index in [1.165, 1.54) is 167 Å². The molecule has 0 aromatic rings. The SMILES string of the molecule is CCCCCCCCCCCCCCCCCCCCCCCC(=O)OC(COCCCCCCCCCCCCCC)COC1OC(COC2OC(CO)C(O)C(O)C2O)C(O)C(O)C1O.